The number of fused-ring (bicyclic) bond motifs is 1. The molecule has 1 N–H and O–H groups in total. The summed E-state index contributed by atoms with van der Waals surface area (Å²) in [5.74, 6) is -0.531. The molecule has 0 aliphatic rings. The van der Waals surface area contributed by atoms with Gasteiger partial charge in [0.25, 0.3) is 0 Å². The highest BCUT2D eigenvalue weighted by Crippen LogP contribution is 2.31. The number of carbonyl (C=O) groups excluding carboxylic acids is 1. The SMILES string of the molecule is COC(=O)c1cc2c(Nc3cccc(Cl)c3F)ncnc2cc1OC. The molecular formula is C17H13ClFN3O3. The van der Waals surface area contributed by atoms with Crippen molar-refractivity contribution in [3.05, 3.63) is 53.1 Å². The second-order valence-corrected chi connectivity index (χ2v) is 5.42. The van der Waals surface area contributed by atoms with E-state index >= 15 is 0 Å². The summed E-state index contributed by atoms with van der Waals surface area (Å²) in [6.45, 7) is 0. The van der Waals surface area contributed by atoms with Crippen LogP contribution in [0.25, 0.3) is 10.9 Å². The van der Waals surface area contributed by atoms with Gasteiger partial charge in [-0.3, -0.25) is 0 Å². The number of ether oxygens (including phenoxy) is 2. The molecule has 1 heterocycles. The summed E-state index contributed by atoms with van der Waals surface area (Å²) in [6, 6.07) is 7.70. The number of nitrogens with one attached hydrogen (secondary N) is 1. The molecule has 3 rings (SSSR count). The van der Waals surface area contributed by atoms with Gasteiger partial charge in [-0.25, -0.2) is 19.2 Å². The summed E-state index contributed by atoms with van der Waals surface area (Å²) in [5.41, 5.74) is 0.884. The number of esters is 1. The van der Waals surface area contributed by atoms with Gasteiger partial charge in [-0.15, -0.1) is 0 Å². The van der Waals surface area contributed by atoms with E-state index in [1.165, 1.54) is 38.7 Å². The third-order valence-electron chi connectivity index (χ3n) is 3.57. The molecule has 0 unspecified atom stereocenters. The van der Waals surface area contributed by atoms with Gasteiger partial charge in [0.05, 0.1) is 30.4 Å². The van der Waals surface area contributed by atoms with Crippen LogP contribution in [0.15, 0.2) is 36.7 Å². The molecule has 0 fully saturated rings. The fourth-order valence-corrected chi connectivity index (χ4v) is 2.52. The van der Waals surface area contributed by atoms with Gasteiger partial charge in [0.15, 0.2) is 5.82 Å². The Labute approximate surface area is 147 Å². The first-order chi connectivity index (χ1) is 12.0. The predicted octanol–water partition coefficient (Wildman–Crippen LogP) is 3.96. The summed E-state index contributed by atoms with van der Waals surface area (Å²) in [4.78, 5) is 20.2. The van der Waals surface area contributed by atoms with E-state index in [1.807, 2.05) is 0 Å². The van der Waals surface area contributed by atoms with E-state index in [0.29, 0.717) is 22.5 Å². The standard InChI is InChI=1S/C17H13ClFN3O3/c1-24-14-7-13-9(6-10(14)17(23)25-2)16(21-8-20-13)22-12-5-3-4-11(18)15(12)19/h3-8H,1-2H3,(H,20,21,22). The van der Waals surface area contributed by atoms with E-state index in [2.05, 4.69) is 15.3 Å². The summed E-state index contributed by atoms with van der Waals surface area (Å²) >= 11 is 5.80. The van der Waals surface area contributed by atoms with Gasteiger partial charge in [0, 0.05) is 11.5 Å². The molecule has 0 spiro atoms. The molecule has 6 nitrogen and oxygen atoms in total. The summed E-state index contributed by atoms with van der Waals surface area (Å²) in [7, 11) is 2.71. The quantitative estimate of drug-likeness (QED) is 0.709. The van der Waals surface area contributed by atoms with Crippen molar-refractivity contribution in [2.75, 3.05) is 19.5 Å². The lowest BCUT2D eigenvalue weighted by molar-refractivity contribution is 0.0597. The number of benzene rings is 2. The Morgan fingerprint density at radius 1 is 1.24 bits per heavy atom. The molecule has 8 heteroatoms. The van der Waals surface area contributed by atoms with Crippen molar-refractivity contribution < 1.29 is 18.7 Å². The second-order valence-electron chi connectivity index (χ2n) is 5.01. The summed E-state index contributed by atoms with van der Waals surface area (Å²) in [5, 5.41) is 3.36. The highest BCUT2D eigenvalue weighted by Gasteiger charge is 2.17. The van der Waals surface area contributed by atoms with E-state index in [9.17, 15) is 9.18 Å². The Morgan fingerprint density at radius 2 is 2.04 bits per heavy atom. The largest absolute Gasteiger partial charge is 0.496 e. The van der Waals surface area contributed by atoms with E-state index in [-0.39, 0.29) is 16.3 Å². The van der Waals surface area contributed by atoms with E-state index in [1.54, 1.807) is 12.1 Å². The third kappa shape index (κ3) is 3.18. The minimum atomic E-state index is -0.599. The fourth-order valence-electron chi connectivity index (χ4n) is 2.35. The molecule has 0 saturated carbocycles. The maximum absolute atomic E-state index is 14.1. The van der Waals surface area contributed by atoms with Crippen LogP contribution in [0.2, 0.25) is 5.02 Å². The molecule has 3 aromatic rings. The number of hydrogen-bond acceptors (Lipinski definition) is 6. The Hall–Kier alpha value is -2.93. The van der Waals surface area contributed by atoms with Gasteiger partial charge >= 0.3 is 5.97 Å². The highest BCUT2D eigenvalue weighted by molar-refractivity contribution is 6.31. The number of aromatic nitrogens is 2. The van der Waals surface area contributed by atoms with Crippen molar-refractivity contribution in [3.8, 4) is 5.75 Å². The van der Waals surface area contributed by atoms with Crippen molar-refractivity contribution in [2.45, 2.75) is 0 Å². The number of hydrogen-bond donors (Lipinski definition) is 1. The minimum absolute atomic E-state index is 0.0136. The lowest BCUT2D eigenvalue weighted by Crippen LogP contribution is -2.05. The van der Waals surface area contributed by atoms with Crippen molar-refractivity contribution >= 4 is 40.0 Å². The van der Waals surface area contributed by atoms with E-state index < -0.39 is 11.8 Å². The third-order valence-corrected chi connectivity index (χ3v) is 3.86. The number of anilines is 2. The number of halogens is 2. The lowest BCUT2D eigenvalue weighted by atomic mass is 10.1. The second kappa shape index (κ2) is 6.90. The number of nitrogens with zero attached hydrogens (tertiary/aromatic N) is 2. The molecular weight excluding hydrogens is 349 g/mol. The molecule has 1 aromatic heterocycles. The molecule has 2 aromatic carbocycles. The first-order valence-electron chi connectivity index (χ1n) is 7.17. The zero-order chi connectivity index (χ0) is 18.0. The van der Waals surface area contributed by atoms with Gasteiger partial charge < -0.3 is 14.8 Å². The van der Waals surface area contributed by atoms with Gasteiger partial charge in [-0.2, -0.15) is 0 Å². The van der Waals surface area contributed by atoms with Gasteiger partial charge in [0.2, 0.25) is 0 Å². The zero-order valence-electron chi connectivity index (χ0n) is 13.3. The summed E-state index contributed by atoms with van der Waals surface area (Å²) in [6.07, 6.45) is 1.32. The summed E-state index contributed by atoms with van der Waals surface area (Å²) < 4.78 is 24.1. The number of methoxy groups -OCH3 is 2. The van der Waals surface area contributed by atoms with Crippen molar-refractivity contribution in [1.82, 2.24) is 9.97 Å². The molecule has 128 valence electrons. The number of carbonyl (C=O) groups is 1. The van der Waals surface area contributed by atoms with Gasteiger partial charge in [0.1, 0.15) is 23.5 Å². The normalized spacial score (nSPS) is 10.6. The average Bonchev–Trinajstić information content (AvgIpc) is 2.64. The highest BCUT2D eigenvalue weighted by atomic mass is 35.5. The molecule has 0 bridgehead atoms. The first kappa shape index (κ1) is 16.9. The van der Waals surface area contributed by atoms with Crippen LogP contribution in [0.1, 0.15) is 10.4 Å². The smallest absolute Gasteiger partial charge is 0.341 e. The van der Waals surface area contributed by atoms with E-state index in [4.69, 9.17) is 21.1 Å². The molecule has 0 saturated heterocycles. The van der Waals surface area contributed by atoms with Crippen LogP contribution in [0.3, 0.4) is 0 Å². The van der Waals surface area contributed by atoms with Crippen LogP contribution < -0.4 is 10.1 Å². The van der Waals surface area contributed by atoms with Crippen LogP contribution in [0, 0.1) is 5.82 Å². The van der Waals surface area contributed by atoms with Crippen LogP contribution in [0.5, 0.6) is 5.75 Å². The minimum Gasteiger partial charge on any atom is -0.496 e. The average molecular weight is 362 g/mol. The Bertz CT molecular complexity index is 965. The lowest BCUT2D eigenvalue weighted by Gasteiger charge is -2.12. The monoisotopic (exact) mass is 361 g/mol. The van der Waals surface area contributed by atoms with Crippen molar-refractivity contribution in [3.63, 3.8) is 0 Å². The first-order valence-corrected chi connectivity index (χ1v) is 7.55. The molecule has 25 heavy (non-hydrogen) atoms. The Morgan fingerprint density at radius 3 is 2.76 bits per heavy atom. The van der Waals surface area contributed by atoms with Gasteiger partial charge in [-0.05, 0) is 18.2 Å². The van der Waals surface area contributed by atoms with Crippen LogP contribution in [0.4, 0.5) is 15.9 Å². The van der Waals surface area contributed by atoms with Crippen molar-refractivity contribution in [2.24, 2.45) is 0 Å². The maximum atomic E-state index is 14.1. The number of rotatable bonds is 4. The Kier molecular flexibility index (Phi) is 4.67. The van der Waals surface area contributed by atoms with Crippen LogP contribution in [-0.2, 0) is 4.74 Å². The van der Waals surface area contributed by atoms with Crippen LogP contribution in [-0.4, -0.2) is 30.2 Å². The zero-order valence-corrected chi connectivity index (χ0v) is 14.1. The molecule has 0 aliphatic carbocycles. The molecule has 0 amide bonds. The molecule has 0 aliphatic heterocycles. The van der Waals surface area contributed by atoms with Crippen molar-refractivity contribution in [1.29, 1.82) is 0 Å². The maximum Gasteiger partial charge on any atom is 0.341 e. The Balaban J connectivity index is 2.15. The van der Waals surface area contributed by atoms with Gasteiger partial charge in [-0.1, -0.05) is 17.7 Å². The predicted molar refractivity (Wildman–Crippen MR) is 92.1 cm³/mol. The van der Waals surface area contributed by atoms with E-state index in [0.717, 1.165) is 0 Å². The van der Waals surface area contributed by atoms with Crippen LogP contribution >= 0.6 is 11.6 Å². The molecule has 0 atom stereocenters. The topological polar surface area (TPSA) is 73.3 Å². The fraction of sp³-hybridized carbons (Fsp3) is 0.118. The molecule has 0 radical (unpaired) electrons.